The van der Waals surface area contributed by atoms with E-state index in [0.717, 1.165) is 12.8 Å². The summed E-state index contributed by atoms with van der Waals surface area (Å²) in [5.74, 6) is -0.162. The lowest BCUT2D eigenvalue weighted by molar-refractivity contribution is -0.123. The molecule has 2 unspecified atom stereocenters. The molecule has 0 aromatic carbocycles. The number of amides is 1. The van der Waals surface area contributed by atoms with Crippen LogP contribution in [0.2, 0.25) is 0 Å². The van der Waals surface area contributed by atoms with E-state index in [0.29, 0.717) is 19.7 Å². The topological polar surface area (TPSA) is 55.8 Å². The van der Waals surface area contributed by atoms with E-state index >= 15 is 0 Å². The van der Waals surface area contributed by atoms with Crippen LogP contribution in [-0.4, -0.2) is 48.2 Å². The molecule has 0 aliphatic carbocycles. The molecule has 23 heavy (non-hydrogen) atoms. The first kappa shape index (κ1) is 19.9. The molecule has 1 fully saturated rings. The number of unbranched alkanes of at least 4 members (excludes halogenated alkanes) is 4. The van der Waals surface area contributed by atoms with Crippen LogP contribution in [0.25, 0.3) is 0 Å². The first-order chi connectivity index (χ1) is 10.7. The molecule has 0 radical (unpaired) electrons. The molecule has 5 nitrogen and oxygen atoms in total. The lowest BCUT2D eigenvalue weighted by atomic mass is 10.0. The van der Waals surface area contributed by atoms with Gasteiger partial charge in [0, 0.05) is 13.2 Å². The van der Waals surface area contributed by atoms with E-state index in [2.05, 4.69) is 6.92 Å². The highest BCUT2D eigenvalue weighted by Gasteiger charge is 2.40. The molecule has 5 heteroatoms. The lowest BCUT2D eigenvalue weighted by Gasteiger charge is -2.24. The molecule has 0 aromatic rings. The van der Waals surface area contributed by atoms with Crippen LogP contribution in [0.15, 0.2) is 0 Å². The Kier molecular flexibility index (Phi) is 8.03. The van der Waals surface area contributed by atoms with Gasteiger partial charge >= 0.3 is 6.09 Å². The molecule has 0 aromatic heterocycles. The summed E-state index contributed by atoms with van der Waals surface area (Å²) < 4.78 is 11.3. The number of carbonyl (C=O) groups excluding carboxylic acids is 2. The average Bonchev–Trinajstić information content (AvgIpc) is 2.85. The molecule has 0 bridgehead atoms. The summed E-state index contributed by atoms with van der Waals surface area (Å²) in [5, 5.41) is 0. The number of rotatable bonds is 8. The monoisotopic (exact) mass is 327 g/mol. The van der Waals surface area contributed by atoms with Gasteiger partial charge < -0.3 is 14.4 Å². The van der Waals surface area contributed by atoms with Gasteiger partial charge in [-0.2, -0.15) is 0 Å². The summed E-state index contributed by atoms with van der Waals surface area (Å²) in [6.07, 6.45) is 5.30. The second-order valence-corrected chi connectivity index (χ2v) is 7.43. The maximum Gasteiger partial charge on any atom is 0.410 e. The summed E-state index contributed by atoms with van der Waals surface area (Å²) in [7, 11) is 0. The van der Waals surface area contributed by atoms with Gasteiger partial charge in [-0.1, -0.05) is 32.6 Å². The molecule has 1 heterocycles. The SMILES string of the molecule is CCCCCCCOC1CN(C(=O)OC(C)(C)C)CC1C(C)=O. The first-order valence-corrected chi connectivity index (χ1v) is 8.84. The van der Waals surface area contributed by atoms with Crippen LogP contribution >= 0.6 is 0 Å². The molecule has 0 N–H and O–H groups in total. The summed E-state index contributed by atoms with van der Waals surface area (Å²) in [6.45, 7) is 10.8. The third kappa shape index (κ3) is 7.34. The van der Waals surface area contributed by atoms with Crippen molar-refractivity contribution in [2.75, 3.05) is 19.7 Å². The number of Topliss-reactive ketones (excluding diaryl/α,β-unsaturated/α-hetero) is 1. The molecular formula is C18H33NO4. The predicted octanol–water partition coefficient (Wildman–Crippen LogP) is 3.80. The third-order valence-corrected chi connectivity index (χ3v) is 4.02. The van der Waals surface area contributed by atoms with Crippen molar-refractivity contribution in [1.82, 2.24) is 4.90 Å². The normalized spacial score (nSPS) is 21.5. The van der Waals surface area contributed by atoms with Crippen molar-refractivity contribution in [3.63, 3.8) is 0 Å². The van der Waals surface area contributed by atoms with E-state index in [1.54, 1.807) is 11.8 Å². The second kappa shape index (κ2) is 9.26. The minimum atomic E-state index is -0.527. The molecule has 2 atom stereocenters. The zero-order chi connectivity index (χ0) is 17.5. The Hall–Kier alpha value is -1.10. The fourth-order valence-corrected chi connectivity index (χ4v) is 2.75. The van der Waals surface area contributed by atoms with Gasteiger partial charge in [-0.05, 0) is 34.1 Å². The van der Waals surface area contributed by atoms with Crippen LogP contribution in [0.3, 0.4) is 0 Å². The van der Waals surface area contributed by atoms with Gasteiger partial charge in [0.25, 0.3) is 0 Å². The Morgan fingerprint density at radius 1 is 1.09 bits per heavy atom. The largest absolute Gasteiger partial charge is 0.444 e. The standard InChI is InChI=1S/C18H33NO4/c1-6-7-8-9-10-11-22-16-13-19(12-15(16)14(2)20)17(21)23-18(3,4)5/h15-16H,6-13H2,1-5H3. The highest BCUT2D eigenvalue weighted by molar-refractivity contribution is 5.81. The third-order valence-electron chi connectivity index (χ3n) is 4.02. The van der Waals surface area contributed by atoms with Crippen molar-refractivity contribution in [1.29, 1.82) is 0 Å². The Morgan fingerprint density at radius 2 is 1.74 bits per heavy atom. The summed E-state index contributed by atoms with van der Waals surface area (Å²) in [4.78, 5) is 25.6. The summed E-state index contributed by atoms with van der Waals surface area (Å²) in [5.41, 5.74) is -0.527. The smallest absolute Gasteiger partial charge is 0.410 e. The Morgan fingerprint density at radius 3 is 2.30 bits per heavy atom. The highest BCUT2D eigenvalue weighted by atomic mass is 16.6. The van der Waals surface area contributed by atoms with Gasteiger partial charge in [-0.15, -0.1) is 0 Å². The number of likely N-dealkylation sites (tertiary alicyclic amines) is 1. The number of ether oxygens (including phenoxy) is 2. The van der Waals surface area contributed by atoms with Crippen LogP contribution in [0.5, 0.6) is 0 Å². The van der Waals surface area contributed by atoms with Crippen molar-refractivity contribution in [2.45, 2.75) is 78.4 Å². The number of ketones is 1. The van der Waals surface area contributed by atoms with E-state index in [-0.39, 0.29) is 23.9 Å². The van der Waals surface area contributed by atoms with Crippen LogP contribution in [0.4, 0.5) is 4.79 Å². The van der Waals surface area contributed by atoms with Crippen molar-refractivity contribution < 1.29 is 19.1 Å². The predicted molar refractivity (Wildman–Crippen MR) is 90.5 cm³/mol. The number of hydrogen-bond donors (Lipinski definition) is 0. The highest BCUT2D eigenvalue weighted by Crippen LogP contribution is 2.23. The van der Waals surface area contributed by atoms with Crippen LogP contribution < -0.4 is 0 Å². The van der Waals surface area contributed by atoms with E-state index in [1.165, 1.54) is 19.3 Å². The van der Waals surface area contributed by atoms with E-state index in [1.807, 2.05) is 20.8 Å². The zero-order valence-corrected chi connectivity index (χ0v) is 15.4. The van der Waals surface area contributed by atoms with Gasteiger partial charge in [0.15, 0.2) is 0 Å². The second-order valence-electron chi connectivity index (χ2n) is 7.43. The van der Waals surface area contributed by atoms with Crippen molar-refractivity contribution in [3.8, 4) is 0 Å². The lowest BCUT2D eigenvalue weighted by Crippen LogP contribution is -2.36. The molecule has 1 amide bonds. The Labute approximate surface area is 140 Å². The zero-order valence-electron chi connectivity index (χ0n) is 15.4. The molecular weight excluding hydrogens is 294 g/mol. The van der Waals surface area contributed by atoms with Crippen molar-refractivity contribution in [3.05, 3.63) is 0 Å². The minimum absolute atomic E-state index is 0.0760. The number of carbonyl (C=O) groups is 2. The van der Waals surface area contributed by atoms with Gasteiger partial charge in [0.2, 0.25) is 0 Å². The Balaban J connectivity index is 2.45. The van der Waals surface area contributed by atoms with Crippen LogP contribution in [0.1, 0.15) is 66.7 Å². The van der Waals surface area contributed by atoms with E-state index in [4.69, 9.17) is 9.47 Å². The molecule has 0 spiro atoms. The maximum absolute atomic E-state index is 12.2. The number of nitrogens with zero attached hydrogens (tertiary/aromatic N) is 1. The van der Waals surface area contributed by atoms with Gasteiger partial charge in [0.1, 0.15) is 11.4 Å². The Bertz CT molecular complexity index is 389. The average molecular weight is 327 g/mol. The molecule has 1 aliphatic heterocycles. The molecule has 1 aliphatic rings. The summed E-state index contributed by atoms with van der Waals surface area (Å²) >= 11 is 0. The fraction of sp³-hybridized carbons (Fsp3) is 0.889. The summed E-state index contributed by atoms with van der Waals surface area (Å²) in [6, 6.07) is 0. The van der Waals surface area contributed by atoms with Crippen molar-refractivity contribution >= 4 is 11.9 Å². The molecule has 134 valence electrons. The minimum Gasteiger partial charge on any atom is -0.444 e. The van der Waals surface area contributed by atoms with E-state index < -0.39 is 5.60 Å². The van der Waals surface area contributed by atoms with E-state index in [9.17, 15) is 9.59 Å². The van der Waals surface area contributed by atoms with Gasteiger partial charge in [0.05, 0.1) is 18.6 Å². The number of hydrogen-bond acceptors (Lipinski definition) is 4. The van der Waals surface area contributed by atoms with Crippen molar-refractivity contribution in [2.24, 2.45) is 5.92 Å². The molecule has 1 saturated heterocycles. The molecule has 1 rings (SSSR count). The van der Waals surface area contributed by atoms with Crippen LogP contribution in [-0.2, 0) is 14.3 Å². The quantitative estimate of drug-likeness (QED) is 0.636. The maximum atomic E-state index is 12.2. The van der Waals surface area contributed by atoms with Gasteiger partial charge in [-0.3, -0.25) is 4.79 Å². The first-order valence-electron chi connectivity index (χ1n) is 8.84. The van der Waals surface area contributed by atoms with Crippen LogP contribution in [0, 0.1) is 5.92 Å². The van der Waals surface area contributed by atoms with Gasteiger partial charge in [-0.25, -0.2) is 4.79 Å². The fourth-order valence-electron chi connectivity index (χ4n) is 2.75. The molecule has 0 saturated carbocycles.